The van der Waals surface area contributed by atoms with Gasteiger partial charge in [-0.05, 0) is 25.4 Å². The predicted octanol–water partition coefficient (Wildman–Crippen LogP) is 3.25. The van der Waals surface area contributed by atoms with Gasteiger partial charge < -0.3 is 4.74 Å². The van der Waals surface area contributed by atoms with Crippen molar-refractivity contribution in [3.8, 4) is 11.4 Å². The van der Waals surface area contributed by atoms with Gasteiger partial charge in [-0.3, -0.25) is 4.79 Å². The van der Waals surface area contributed by atoms with Crippen molar-refractivity contribution in [2.24, 2.45) is 0 Å². The Hall–Kier alpha value is -1.40. The van der Waals surface area contributed by atoms with E-state index in [0.29, 0.717) is 5.82 Å². The second-order valence-electron chi connectivity index (χ2n) is 4.08. The fraction of sp³-hybridized carbons (Fsp3) is 0.308. The summed E-state index contributed by atoms with van der Waals surface area (Å²) in [5, 5.41) is 0. The molecule has 100 valence electrons. The molecule has 19 heavy (non-hydrogen) atoms. The zero-order valence-corrected chi connectivity index (χ0v) is 12.3. The van der Waals surface area contributed by atoms with Crippen molar-refractivity contribution in [1.29, 1.82) is 0 Å². The number of aromatic nitrogens is 2. The van der Waals surface area contributed by atoms with Gasteiger partial charge in [0.25, 0.3) is 0 Å². The first-order valence-electron chi connectivity index (χ1n) is 5.86. The van der Waals surface area contributed by atoms with E-state index in [1.807, 2.05) is 44.2 Å². The third-order valence-corrected chi connectivity index (χ3v) is 3.93. The van der Waals surface area contributed by atoms with Crippen LogP contribution in [0.25, 0.3) is 11.4 Å². The summed E-state index contributed by atoms with van der Waals surface area (Å²) in [5.74, 6) is 0.739. The molecule has 0 amide bonds. The molecule has 1 heterocycles. The van der Waals surface area contributed by atoms with Crippen LogP contribution in [-0.2, 0) is 9.53 Å². The Balaban J connectivity index is 1.93. The lowest BCUT2D eigenvalue weighted by atomic mass is 10.2. The van der Waals surface area contributed by atoms with E-state index in [-0.39, 0.29) is 17.8 Å². The second kappa shape index (κ2) is 6.68. The molecule has 1 aromatic heterocycles. The third-order valence-electron chi connectivity index (χ3n) is 2.12. The van der Waals surface area contributed by atoms with E-state index in [1.165, 1.54) is 23.3 Å². The van der Waals surface area contributed by atoms with Crippen LogP contribution in [0, 0.1) is 0 Å². The first kappa shape index (κ1) is 14.0. The molecule has 2 aromatic rings. The Morgan fingerprint density at radius 1 is 1.37 bits per heavy atom. The maximum Gasteiger partial charge on any atom is 0.316 e. The Bertz CT molecular complexity index is 541. The number of ether oxygens (including phenoxy) is 1. The average Bonchev–Trinajstić information content (AvgIpc) is 2.85. The van der Waals surface area contributed by atoms with Gasteiger partial charge in [-0.25, -0.2) is 4.98 Å². The lowest BCUT2D eigenvalue weighted by molar-refractivity contribution is -0.144. The van der Waals surface area contributed by atoms with Crippen LogP contribution in [0.2, 0.25) is 0 Å². The normalized spacial score (nSPS) is 10.7. The standard InChI is InChI=1S/C13H14N2O2S2/c1-9(2)17-11(16)8-18-13-14-12(15-19-13)10-6-4-3-5-7-10/h3-7,9H,8H2,1-2H3. The number of rotatable bonds is 5. The van der Waals surface area contributed by atoms with Crippen LogP contribution >= 0.6 is 23.3 Å². The minimum atomic E-state index is -0.225. The number of nitrogens with zero attached hydrogens (tertiary/aromatic N) is 2. The maximum absolute atomic E-state index is 11.4. The molecule has 2 rings (SSSR count). The summed E-state index contributed by atoms with van der Waals surface area (Å²) in [4.78, 5) is 15.8. The quantitative estimate of drug-likeness (QED) is 0.626. The van der Waals surface area contributed by atoms with Crippen molar-refractivity contribution in [2.45, 2.75) is 24.3 Å². The third kappa shape index (κ3) is 4.33. The number of carbonyl (C=O) groups excluding carboxylic acids is 1. The lowest BCUT2D eigenvalue weighted by Crippen LogP contribution is -2.13. The van der Waals surface area contributed by atoms with Crippen molar-refractivity contribution in [2.75, 3.05) is 5.75 Å². The highest BCUT2D eigenvalue weighted by atomic mass is 32.2. The Morgan fingerprint density at radius 2 is 2.11 bits per heavy atom. The molecule has 0 spiro atoms. The molecule has 0 saturated carbocycles. The second-order valence-corrected chi connectivity index (χ2v) is 6.05. The van der Waals surface area contributed by atoms with Crippen molar-refractivity contribution < 1.29 is 9.53 Å². The number of esters is 1. The van der Waals surface area contributed by atoms with Gasteiger partial charge >= 0.3 is 5.97 Å². The molecule has 0 saturated heterocycles. The van der Waals surface area contributed by atoms with Crippen molar-refractivity contribution in [3.63, 3.8) is 0 Å². The fourth-order valence-electron chi connectivity index (χ4n) is 1.39. The van der Waals surface area contributed by atoms with Gasteiger partial charge in [-0.2, -0.15) is 4.37 Å². The first-order valence-corrected chi connectivity index (χ1v) is 7.62. The van der Waals surface area contributed by atoms with E-state index >= 15 is 0 Å². The van der Waals surface area contributed by atoms with Crippen molar-refractivity contribution in [1.82, 2.24) is 9.36 Å². The number of carbonyl (C=O) groups is 1. The van der Waals surface area contributed by atoms with E-state index < -0.39 is 0 Å². The molecule has 0 bridgehead atoms. The average molecular weight is 294 g/mol. The van der Waals surface area contributed by atoms with E-state index in [9.17, 15) is 4.79 Å². The molecule has 0 unspecified atom stereocenters. The van der Waals surface area contributed by atoms with Crippen LogP contribution < -0.4 is 0 Å². The van der Waals surface area contributed by atoms with Gasteiger partial charge in [0.05, 0.1) is 11.9 Å². The number of thioether (sulfide) groups is 1. The summed E-state index contributed by atoms with van der Waals surface area (Å²) in [6, 6.07) is 9.77. The van der Waals surface area contributed by atoms with Crippen molar-refractivity contribution in [3.05, 3.63) is 30.3 Å². The van der Waals surface area contributed by atoms with Crippen LogP contribution in [0.1, 0.15) is 13.8 Å². The van der Waals surface area contributed by atoms with Crippen LogP contribution in [0.15, 0.2) is 34.7 Å². The minimum Gasteiger partial charge on any atom is -0.462 e. The van der Waals surface area contributed by atoms with Crippen LogP contribution in [0.4, 0.5) is 0 Å². The molecule has 0 aliphatic carbocycles. The predicted molar refractivity (Wildman–Crippen MR) is 77.3 cm³/mol. The Morgan fingerprint density at radius 3 is 2.79 bits per heavy atom. The lowest BCUT2D eigenvalue weighted by Gasteiger charge is -2.05. The van der Waals surface area contributed by atoms with E-state index in [1.54, 1.807) is 0 Å². The van der Waals surface area contributed by atoms with Gasteiger partial charge in [-0.1, -0.05) is 42.1 Å². The van der Waals surface area contributed by atoms with Gasteiger partial charge in [0.15, 0.2) is 10.2 Å². The number of benzene rings is 1. The summed E-state index contributed by atoms with van der Waals surface area (Å²) in [7, 11) is 0. The molecule has 0 atom stereocenters. The molecular formula is C13H14N2O2S2. The van der Waals surface area contributed by atoms with Gasteiger partial charge in [-0.15, -0.1) is 0 Å². The molecule has 6 heteroatoms. The number of hydrogen-bond donors (Lipinski definition) is 0. The van der Waals surface area contributed by atoms with Gasteiger partial charge in [0, 0.05) is 5.56 Å². The SMILES string of the molecule is CC(C)OC(=O)CSc1nc(-c2ccccc2)ns1. The highest BCUT2D eigenvalue weighted by molar-refractivity contribution is 8.01. The zero-order chi connectivity index (χ0) is 13.7. The topological polar surface area (TPSA) is 52.1 Å². The molecule has 4 nitrogen and oxygen atoms in total. The van der Waals surface area contributed by atoms with Crippen molar-refractivity contribution >= 4 is 29.3 Å². The monoisotopic (exact) mass is 294 g/mol. The largest absolute Gasteiger partial charge is 0.462 e. The maximum atomic E-state index is 11.4. The molecule has 0 aliphatic heterocycles. The first-order chi connectivity index (χ1) is 9.15. The van der Waals surface area contributed by atoms with E-state index in [0.717, 1.165) is 9.90 Å². The van der Waals surface area contributed by atoms with Crippen LogP contribution in [0.3, 0.4) is 0 Å². The summed E-state index contributed by atoms with van der Waals surface area (Å²) in [6.45, 7) is 3.67. The van der Waals surface area contributed by atoms with Crippen LogP contribution in [-0.4, -0.2) is 27.2 Å². The molecule has 0 aliphatic rings. The number of hydrogen-bond acceptors (Lipinski definition) is 6. The summed E-state index contributed by atoms with van der Waals surface area (Å²) in [5.41, 5.74) is 0.982. The molecule has 0 N–H and O–H groups in total. The molecule has 0 fully saturated rings. The van der Waals surface area contributed by atoms with Gasteiger partial charge in [0.1, 0.15) is 0 Å². The summed E-state index contributed by atoms with van der Waals surface area (Å²) >= 11 is 2.66. The minimum absolute atomic E-state index is 0.0811. The Labute approximate surface area is 120 Å². The fourth-order valence-corrected chi connectivity index (χ4v) is 2.79. The highest BCUT2D eigenvalue weighted by Crippen LogP contribution is 2.25. The van der Waals surface area contributed by atoms with Gasteiger partial charge in [0.2, 0.25) is 0 Å². The van der Waals surface area contributed by atoms with Crippen LogP contribution in [0.5, 0.6) is 0 Å². The van der Waals surface area contributed by atoms with E-state index in [2.05, 4.69) is 9.36 Å². The molecular weight excluding hydrogens is 280 g/mol. The molecule has 0 radical (unpaired) electrons. The van der Waals surface area contributed by atoms with E-state index in [4.69, 9.17) is 4.74 Å². The Kier molecular flexibility index (Phi) is 4.93. The zero-order valence-electron chi connectivity index (χ0n) is 10.7. The molecule has 1 aromatic carbocycles. The smallest absolute Gasteiger partial charge is 0.316 e. The highest BCUT2D eigenvalue weighted by Gasteiger charge is 2.10. The summed E-state index contributed by atoms with van der Waals surface area (Å²) in [6.07, 6.45) is -0.0811. The summed E-state index contributed by atoms with van der Waals surface area (Å²) < 4.78 is 10.1.